The number of benzene rings is 2. The molecule has 0 saturated carbocycles. The van der Waals surface area contributed by atoms with E-state index < -0.39 is 5.97 Å². The fourth-order valence-electron chi connectivity index (χ4n) is 2.55. The lowest BCUT2D eigenvalue weighted by Gasteiger charge is -2.15. The van der Waals surface area contributed by atoms with Gasteiger partial charge in [0.05, 0.1) is 10.6 Å². The highest BCUT2D eigenvalue weighted by Gasteiger charge is 2.22. The summed E-state index contributed by atoms with van der Waals surface area (Å²) in [6.07, 6.45) is 1.45. The van der Waals surface area contributed by atoms with E-state index in [2.05, 4.69) is 0 Å². The minimum Gasteiger partial charge on any atom is -0.421 e. The molecule has 0 spiro atoms. The first kappa shape index (κ1) is 15.6. The largest absolute Gasteiger partial charge is 0.421 e. The number of carbonyl (C=O) groups is 2. The zero-order valence-corrected chi connectivity index (χ0v) is 13.5. The average molecular weight is 330 g/mol. The summed E-state index contributed by atoms with van der Waals surface area (Å²) in [7, 11) is 0. The predicted molar refractivity (Wildman–Crippen MR) is 89.2 cm³/mol. The first-order valence-electron chi connectivity index (χ1n) is 7.43. The Balaban J connectivity index is 1.75. The molecule has 1 amide bonds. The van der Waals surface area contributed by atoms with Crippen LogP contribution in [0.5, 0.6) is 5.75 Å². The first-order chi connectivity index (χ1) is 11.0. The Morgan fingerprint density at radius 1 is 1.17 bits per heavy atom. The normalized spacial score (nSPS) is 14.2. The molecule has 1 fully saturated rings. The fourth-order valence-corrected chi connectivity index (χ4v) is 2.70. The molecular weight excluding hydrogens is 314 g/mol. The Morgan fingerprint density at radius 2 is 1.91 bits per heavy atom. The first-order valence-corrected chi connectivity index (χ1v) is 7.81. The number of hydrogen-bond donors (Lipinski definition) is 0. The van der Waals surface area contributed by atoms with Crippen LogP contribution in [0, 0.1) is 6.92 Å². The van der Waals surface area contributed by atoms with E-state index in [1.54, 1.807) is 41.3 Å². The summed E-state index contributed by atoms with van der Waals surface area (Å²) in [4.78, 5) is 25.7. The number of nitrogens with zero attached hydrogens (tertiary/aromatic N) is 1. The van der Waals surface area contributed by atoms with Crippen molar-refractivity contribution < 1.29 is 14.3 Å². The van der Waals surface area contributed by atoms with Gasteiger partial charge < -0.3 is 9.64 Å². The van der Waals surface area contributed by atoms with Crippen molar-refractivity contribution in [3.63, 3.8) is 0 Å². The van der Waals surface area contributed by atoms with Crippen molar-refractivity contribution in [1.82, 2.24) is 0 Å². The fraction of sp³-hybridized carbons (Fsp3) is 0.222. The minimum atomic E-state index is -0.475. The highest BCUT2D eigenvalue weighted by molar-refractivity contribution is 6.32. The molecule has 5 heteroatoms. The van der Waals surface area contributed by atoms with Crippen LogP contribution in [-0.4, -0.2) is 18.4 Å². The molecule has 1 aliphatic rings. The van der Waals surface area contributed by atoms with Crippen molar-refractivity contribution in [3.05, 3.63) is 58.6 Å². The van der Waals surface area contributed by atoms with E-state index in [0.717, 1.165) is 24.2 Å². The number of aryl methyl sites for hydroxylation is 1. The number of esters is 1. The SMILES string of the molecule is Cc1ccc(Cl)c(OC(=O)c2ccc(N3CCCC3=O)cc2)c1. The zero-order valence-electron chi connectivity index (χ0n) is 12.7. The Kier molecular flexibility index (Phi) is 4.35. The van der Waals surface area contributed by atoms with Crippen LogP contribution < -0.4 is 9.64 Å². The second kappa shape index (κ2) is 6.42. The van der Waals surface area contributed by atoms with Gasteiger partial charge in [-0.05, 0) is 55.3 Å². The van der Waals surface area contributed by atoms with Gasteiger partial charge in [-0.15, -0.1) is 0 Å². The molecule has 0 aliphatic carbocycles. The highest BCUT2D eigenvalue weighted by Crippen LogP contribution is 2.27. The van der Waals surface area contributed by atoms with Crippen LogP contribution >= 0.6 is 11.6 Å². The van der Waals surface area contributed by atoms with Crippen LogP contribution in [0.4, 0.5) is 5.69 Å². The molecule has 1 saturated heterocycles. The second-order valence-electron chi connectivity index (χ2n) is 5.52. The summed E-state index contributed by atoms with van der Waals surface area (Å²) in [6.45, 7) is 2.62. The Bertz CT molecular complexity index is 755. The zero-order chi connectivity index (χ0) is 16.4. The van der Waals surface area contributed by atoms with Crippen molar-refractivity contribution >= 4 is 29.2 Å². The van der Waals surface area contributed by atoms with E-state index in [9.17, 15) is 9.59 Å². The van der Waals surface area contributed by atoms with Gasteiger partial charge >= 0.3 is 5.97 Å². The molecule has 3 rings (SSSR count). The smallest absolute Gasteiger partial charge is 0.343 e. The quantitative estimate of drug-likeness (QED) is 0.631. The van der Waals surface area contributed by atoms with Crippen molar-refractivity contribution in [2.75, 3.05) is 11.4 Å². The maximum absolute atomic E-state index is 12.2. The van der Waals surface area contributed by atoms with Gasteiger partial charge in [0, 0.05) is 18.7 Å². The lowest BCUT2D eigenvalue weighted by Crippen LogP contribution is -2.23. The summed E-state index contributed by atoms with van der Waals surface area (Å²) in [5, 5.41) is 0.392. The maximum Gasteiger partial charge on any atom is 0.343 e. The summed E-state index contributed by atoms with van der Waals surface area (Å²) in [5.41, 5.74) is 2.18. The van der Waals surface area contributed by atoms with E-state index in [1.807, 2.05) is 13.0 Å². The van der Waals surface area contributed by atoms with Gasteiger partial charge in [-0.2, -0.15) is 0 Å². The van der Waals surface area contributed by atoms with Crippen LogP contribution in [-0.2, 0) is 4.79 Å². The third-order valence-electron chi connectivity index (χ3n) is 3.78. The molecule has 1 aliphatic heterocycles. The van der Waals surface area contributed by atoms with Crippen molar-refractivity contribution in [1.29, 1.82) is 0 Å². The van der Waals surface area contributed by atoms with Gasteiger partial charge in [0.25, 0.3) is 0 Å². The van der Waals surface area contributed by atoms with Gasteiger partial charge in [-0.25, -0.2) is 4.79 Å². The monoisotopic (exact) mass is 329 g/mol. The van der Waals surface area contributed by atoms with E-state index in [4.69, 9.17) is 16.3 Å². The number of carbonyl (C=O) groups excluding carboxylic acids is 2. The molecule has 0 atom stereocenters. The third-order valence-corrected chi connectivity index (χ3v) is 4.09. The third kappa shape index (κ3) is 3.37. The van der Waals surface area contributed by atoms with Crippen molar-refractivity contribution in [2.24, 2.45) is 0 Å². The Labute approximate surface area is 139 Å². The number of ether oxygens (including phenoxy) is 1. The number of anilines is 1. The molecule has 2 aromatic rings. The van der Waals surface area contributed by atoms with Crippen LogP contribution in [0.25, 0.3) is 0 Å². The second-order valence-corrected chi connectivity index (χ2v) is 5.93. The van der Waals surface area contributed by atoms with E-state index in [1.165, 1.54) is 0 Å². The molecule has 1 heterocycles. The van der Waals surface area contributed by atoms with E-state index in [0.29, 0.717) is 22.8 Å². The van der Waals surface area contributed by atoms with Crippen molar-refractivity contribution in [2.45, 2.75) is 19.8 Å². The molecular formula is C18H16ClNO3. The molecule has 0 aromatic heterocycles. The van der Waals surface area contributed by atoms with E-state index in [-0.39, 0.29) is 5.91 Å². The molecule has 0 unspecified atom stereocenters. The predicted octanol–water partition coefficient (Wildman–Crippen LogP) is 3.99. The molecule has 2 aromatic carbocycles. The standard InChI is InChI=1S/C18H16ClNO3/c1-12-4-9-15(19)16(11-12)23-18(22)13-5-7-14(8-6-13)20-10-2-3-17(20)21/h4-9,11H,2-3,10H2,1H3. The summed E-state index contributed by atoms with van der Waals surface area (Å²) in [5.74, 6) is -0.0147. The Hall–Kier alpha value is -2.33. The van der Waals surface area contributed by atoms with Crippen LogP contribution in [0.2, 0.25) is 5.02 Å². The summed E-state index contributed by atoms with van der Waals surface area (Å²) >= 11 is 6.03. The van der Waals surface area contributed by atoms with Crippen LogP contribution in [0.15, 0.2) is 42.5 Å². The van der Waals surface area contributed by atoms with Gasteiger partial charge in [0.2, 0.25) is 5.91 Å². The molecule has 23 heavy (non-hydrogen) atoms. The maximum atomic E-state index is 12.2. The molecule has 4 nitrogen and oxygen atoms in total. The molecule has 0 N–H and O–H groups in total. The average Bonchev–Trinajstić information content (AvgIpc) is 2.97. The van der Waals surface area contributed by atoms with Crippen LogP contribution in [0.3, 0.4) is 0 Å². The number of rotatable bonds is 3. The van der Waals surface area contributed by atoms with Gasteiger partial charge in [0.15, 0.2) is 0 Å². The minimum absolute atomic E-state index is 0.117. The topological polar surface area (TPSA) is 46.6 Å². The molecule has 118 valence electrons. The molecule has 0 radical (unpaired) electrons. The van der Waals surface area contributed by atoms with Gasteiger partial charge in [-0.1, -0.05) is 17.7 Å². The van der Waals surface area contributed by atoms with Gasteiger partial charge in [0.1, 0.15) is 5.75 Å². The summed E-state index contributed by atoms with van der Waals surface area (Å²) in [6, 6.07) is 12.1. The van der Waals surface area contributed by atoms with Crippen LogP contribution in [0.1, 0.15) is 28.8 Å². The summed E-state index contributed by atoms with van der Waals surface area (Å²) < 4.78 is 5.35. The lowest BCUT2D eigenvalue weighted by molar-refractivity contribution is -0.117. The Morgan fingerprint density at radius 3 is 2.57 bits per heavy atom. The van der Waals surface area contributed by atoms with E-state index >= 15 is 0 Å². The number of amides is 1. The molecule has 0 bridgehead atoms. The highest BCUT2D eigenvalue weighted by atomic mass is 35.5. The van der Waals surface area contributed by atoms with Gasteiger partial charge in [-0.3, -0.25) is 4.79 Å². The number of halogens is 1. The lowest BCUT2D eigenvalue weighted by atomic mass is 10.2. The van der Waals surface area contributed by atoms with Crippen molar-refractivity contribution in [3.8, 4) is 5.75 Å². The number of hydrogen-bond acceptors (Lipinski definition) is 3.